The molecule has 0 saturated carbocycles. The first-order valence-electron chi connectivity index (χ1n) is 3.66. The van der Waals surface area contributed by atoms with Crippen LogP contribution in [-0.2, 0) is 0 Å². The third-order valence-electron chi connectivity index (χ3n) is 1.49. The van der Waals surface area contributed by atoms with E-state index in [0.717, 1.165) is 11.1 Å². The van der Waals surface area contributed by atoms with Gasteiger partial charge in [-0.3, -0.25) is 0 Å². The minimum atomic E-state index is 0.414. The molecule has 0 aliphatic carbocycles. The molecule has 0 atom stereocenters. The van der Waals surface area contributed by atoms with Crippen molar-refractivity contribution in [3.05, 3.63) is 29.3 Å². The van der Waals surface area contributed by atoms with Gasteiger partial charge in [0, 0.05) is 0 Å². The molecule has 0 aliphatic rings. The molecular formula is C10H10N2O. The van der Waals surface area contributed by atoms with Crippen LogP contribution in [0.2, 0.25) is 0 Å². The van der Waals surface area contributed by atoms with E-state index in [9.17, 15) is 5.11 Å². The van der Waals surface area contributed by atoms with E-state index in [1.54, 1.807) is 0 Å². The zero-order chi connectivity index (χ0) is 10.3. The van der Waals surface area contributed by atoms with Crippen LogP contribution < -0.4 is 0 Å². The lowest BCUT2D eigenvalue weighted by Crippen LogP contribution is -1.76. The van der Waals surface area contributed by atoms with Crippen LogP contribution in [0.1, 0.15) is 11.1 Å². The predicted octanol–water partition coefficient (Wildman–Crippen LogP) is 2.04. The molecule has 0 saturated heterocycles. The van der Waals surface area contributed by atoms with Crippen LogP contribution in [-0.4, -0.2) is 5.11 Å². The molecule has 0 aromatic heterocycles. The summed E-state index contributed by atoms with van der Waals surface area (Å²) in [7, 11) is 0. The molecule has 0 radical (unpaired) electrons. The Bertz CT molecular complexity index is 326. The topological polar surface area (TPSA) is 67.8 Å². The second-order valence-corrected chi connectivity index (χ2v) is 2.46. The first-order chi connectivity index (χ1) is 6.13. The van der Waals surface area contributed by atoms with Crippen LogP contribution in [0.15, 0.2) is 18.2 Å². The molecule has 1 aromatic carbocycles. The van der Waals surface area contributed by atoms with Crippen LogP contribution in [0.4, 0.5) is 0 Å². The van der Waals surface area contributed by atoms with Gasteiger partial charge in [-0.05, 0) is 25.0 Å². The average Bonchev–Trinajstić information content (AvgIpc) is 2.14. The number of phenols is 1. The maximum Gasteiger partial charge on any atom is 0.181 e. The molecule has 1 N–H and O–H groups in total. The minimum absolute atomic E-state index is 0.414. The number of hydrogen-bond acceptors (Lipinski definition) is 3. The smallest absolute Gasteiger partial charge is 0.181 e. The zero-order valence-electron chi connectivity index (χ0n) is 7.57. The van der Waals surface area contributed by atoms with Crippen molar-refractivity contribution in [3.8, 4) is 17.9 Å². The van der Waals surface area contributed by atoms with Gasteiger partial charge in [0.15, 0.2) is 12.1 Å². The van der Waals surface area contributed by atoms with Crippen molar-refractivity contribution in [2.45, 2.75) is 13.8 Å². The normalized spacial score (nSPS) is 7.38. The lowest BCUT2D eigenvalue weighted by molar-refractivity contribution is 0.467. The molecule has 0 spiro atoms. The highest BCUT2D eigenvalue weighted by molar-refractivity contribution is 5.37. The number of rotatable bonds is 0. The van der Waals surface area contributed by atoms with Gasteiger partial charge in [-0.25, -0.2) is 0 Å². The molecule has 0 aliphatic heterocycles. The fraction of sp³-hybridized carbons (Fsp3) is 0.200. The van der Waals surface area contributed by atoms with Gasteiger partial charge in [0.25, 0.3) is 0 Å². The van der Waals surface area contributed by atoms with Crippen LogP contribution in [0, 0.1) is 36.5 Å². The fourth-order valence-electron chi connectivity index (χ4n) is 0.806. The number of hydrogen-bond donors (Lipinski definition) is 1. The molecule has 0 fully saturated rings. The van der Waals surface area contributed by atoms with Crippen LogP contribution >= 0.6 is 0 Å². The van der Waals surface area contributed by atoms with Gasteiger partial charge in [-0.2, -0.15) is 10.5 Å². The van der Waals surface area contributed by atoms with E-state index in [2.05, 4.69) is 0 Å². The van der Waals surface area contributed by atoms with Gasteiger partial charge in [-0.15, -0.1) is 0 Å². The zero-order valence-corrected chi connectivity index (χ0v) is 7.57. The molecule has 0 amide bonds. The highest BCUT2D eigenvalue weighted by atomic mass is 16.3. The van der Waals surface area contributed by atoms with Crippen LogP contribution in [0.5, 0.6) is 5.75 Å². The maximum atomic E-state index is 9.21. The molecule has 3 heteroatoms. The summed E-state index contributed by atoms with van der Waals surface area (Å²) in [6, 6.07) is 8.19. The first kappa shape index (κ1) is 11.0. The molecule has 3 nitrogen and oxygen atoms in total. The SMILES string of the molecule is Cc1cccc(C)c1O.N#CC#N. The van der Waals surface area contributed by atoms with E-state index in [4.69, 9.17) is 10.5 Å². The first-order valence-corrected chi connectivity index (χ1v) is 3.66. The standard InChI is InChI=1S/C8H10O.C2N2/c1-6-4-3-5-7(2)8(6)9;3-1-2-4/h3-5,9H,1-2H3;. The number of nitriles is 2. The highest BCUT2D eigenvalue weighted by Crippen LogP contribution is 2.19. The van der Waals surface area contributed by atoms with E-state index in [0.29, 0.717) is 5.75 Å². The quantitative estimate of drug-likeness (QED) is 0.654. The number of phenolic OH excluding ortho intramolecular Hbond substituents is 1. The Balaban J connectivity index is 0.000000310. The summed E-state index contributed by atoms with van der Waals surface area (Å²) in [4.78, 5) is 0. The molecule has 0 unspecified atom stereocenters. The minimum Gasteiger partial charge on any atom is -0.507 e. The number of para-hydroxylation sites is 1. The Morgan fingerprint density at radius 3 is 1.69 bits per heavy atom. The summed E-state index contributed by atoms with van der Waals surface area (Å²) in [5.74, 6) is 0.414. The van der Waals surface area contributed by atoms with Crippen molar-refractivity contribution in [2.24, 2.45) is 0 Å². The highest BCUT2D eigenvalue weighted by Gasteiger charge is 1.95. The number of benzene rings is 1. The summed E-state index contributed by atoms with van der Waals surface area (Å²) in [6.45, 7) is 3.78. The maximum absolute atomic E-state index is 9.21. The van der Waals surface area contributed by atoms with Gasteiger partial charge in [0.1, 0.15) is 5.75 Å². The molecule has 0 bridgehead atoms. The van der Waals surface area contributed by atoms with Crippen LogP contribution in [0.3, 0.4) is 0 Å². The predicted molar refractivity (Wildman–Crippen MR) is 48.8 cm³/mol. The number of aryl methyl sites for hydroxylation is 2. The Labute approximate surface area is 77.5 Å². The summed E-state index contributed by atoms with van der Waals surface area (Å²) < 4.78 is 0. The Hall–Kier alpha value is -2.00. The average molecular weight is 174 g/mol. The van der Waals surface area contributed by atoms with Crippen molar-refractivity contribution in [2.75, 3.05) is 0 Å². The van der Waals surface area contributed by atoms with E-state index >= 15 is 0 Å². The largest absolute Gasteiger partial charge is 0.507 e. The van der Waals surface area contributed by atoms with E-state index in [1.807, 2.05) is 32.0 Å². The van der Waals surface area contributed by atoms with Crippen molar-refractivity contribution in [1.29, 1.82) is 10.5 Å². The molecule has 1 rings (SSSR count). The number of nitrogens with zero attached hydrogens (tertiary/aromatic N) is 2. The lowest BCUT2D eigenvalue weighted by Gasteiger charge is -1.99. The van der Waals surface area contributed by atoms with E-state index in [1.165, 1.54) is 12.1 Å². The molecule has 66 valence electrons. The summed E-state index contributed by atoms with van der Waals surface area (Å²) >= 11 is 0. The van der Waals surface area contributed by atoms with Gasteiger partial charge in [0.2, 0.25) is 0 Å². The summed E-state index contributed by atoms with van der Waals surface area (Å²) in [5.41, 5.74) is 1.88. The third kappa shape index (κ3) is 3.79. The second kappa shape index (κ2) is 5.62. The van der Waals surface area contributed by atoms with Crippen molar-refractivity contribution < 1.29 is 5.11 Å². The van der Waals surface area contributed by atoms with E-state index in [-0.39, 0.29) is 0 Å². The Kier molecular flexibility index (Phi) is 4.76. The van der Waals surface area contributed by atoms with Gasteiger partial charge < -0.3 is 5.11 Å². The Morgan fingerprint density at radius 2 is 1.46 bits per heavy atom. The number of aromatic hydroxyl groups is 1. The summed E-state index contributed by atoms with van der Waals surface area (Å²) in [6.07, 6.45) is 0. The Morgan fingerprint density at radius 1 is 1.08 bits per heavy atom. The molecule has 13 heavy (non-hydrogen) atoms. The lowest BCUT2D eigenvalue weighted by atomic mass is 10.1. The molecule has 0 heterocycles. The fourth-order valence-corrected chi connectivity index (χ4v) is 0.806. The van der Waals surface area contributed by atoms with Crippen molar-refractivity contribution in [1.82, 2.24) is 0 Å². The van der Waals surface area contributed by atoms with E-state index < -0.39 is 0 Å². The van der Waals surface area contributed by atoms with Gasteiger partial charge in [-0.1, -0.05) is 18.2 Å². The monoisotopic (exact) mass is 174 g/mol. The van der Waals surface area contributed by atoms with Crippen molar-refractivity contribution in [3.63, 3.8) is 0 Å². The van der Waals surface area contributed by atoms with Gasteiger partial charge in [0.05, 0.1) is 0 Å². The van der Waals surface area contributed by atoms with Crippen molar-refractivity contribution >= 4 is 0 Å². The third-order valence-corrected chi connectivity index (χ3v) is 1.49. The second-order valence-electron chi connectivity index (χ2n) is 2.46. The molecule has 1 aromatic rings. The van der Waals surface area contributed by atoms with Gasteiger partial charge >= 0.3 is 0 Å². The summed E-state index contributed by atoms with van der Waals surface area (Å²) in [5, 5.41) is 23.7. The van der Waals surface area contributed by atoms with Crippen LogP contribution in [0.25, 0.3) is 0 Å². The molecular weight excluding hydrogens is 164 g/mol.